The van der Waals surface area contributed by atoms with E-state index in [-0.39, 0.29) is 5.91 Å². The summed E-state index contributed by atoms with van der Waals surface area (Å²) < 4.78 is 0.789. The summed E-state index contributed by atoms with van der Waals surface area (Å²) in [5, 5.41) is 5.58. The van der Waals surface area contributed by atoms with Gasteiger partial charge in [-0.05, 0) is 53.4 Å². The normalized spacial score (nSPS) is 18.8. The summed E-state index contributed by atoms with van der Waals surface area (Å²) in [4.78, 5) is 19.3. The molecule has 1 aromatic carbocycles. The van der Waals surface area contributed by atoms with Gasteiger partial charge in [0.25, 0.3) is 5.91 Å². The lowest BCUT2D eigenvalue weighted by molar-refractivity contribution is 0.102. The fraction of sp³-hybridized carbons (Fsp3) is 0.412. The van der Waals surface area contributed by atoms with Gasteiger partial charge >= 0.3 is 0 Å². The van der Waals surface area contributed by atoms with Crippen LogP contribution in [-0.4, -0.2) is 28.9 Å². The molecule has 0 aliphatic carbocycles. The predicted octanol–water partition coefficient (Wildman–Crippen LogP) is 4.39. The SMILES string of the molecule is C[C@H]1CCCN(Cc2csc(NC(=O)c3ccccc3Br)n2)C1. The second-order valence-electron chi connectivity index (χ2n) is 6.06. The predicted molar refractivity (Wildman–Crippen MR) is 97.9 cm³/mol. The summed E-state index contributed by atoms with van der Waals surface area (Å²) in [7, 11) is 0. The van der Waals surface area contributed by atoms with Gasteiger partial charge in [-0.1, -0.05) is 19.1 Å². The minimum atomic E-state index is -0.134. The fourth-order valence-electron chi connectivity index (χ4n) is 2.91. The summed E-state index contributed by atoms with van der Waals surface area (Å²) in [6, 6.07) is 7.40. The van der Waals surface area contributed by atoms with Crippen LogP contribution in [0.15, 0.2) is 34.1 Å². The number of carbonyl (C=O) groups is 1. The van der Waals surface area contributed by atoms with E-state index in [4.69, 9.17) is 0 Å². The number of likely N-dealkylation sites (tertiary alicyclic amines) is 1. The third-order valence-electron chi connectivity index (χ3n) is 4.02. The van der Waals surface area contributed by atoms with Crippen molar-refractivity contribution >= 4 is 38.3 Å². The molecule has 1 fully saturated rings. The molecule has 0 spiro atoms. The van der Waals surface area contributed by atoms with E-state index in [0.717, 1.165) is 35.7 Å². The molecule has 0 radical (unpaired) electrons. The summed E-state index contributed by atoms with van der Waals surface area (Å²) in [5.41, 5.74) is 1.65. The minimum absolute atomic E-state index is 0.134. The van der Waals surface area contributed by atoms with Crippen molar-refractivity contribution < 1.29 is 4.79 Å². The first kappa shape index (κ1) is 16.6. The number of nitrogens with one attached hydrogen (secondary N) is 1. The molecule has 0 bridgehead atoms. The molecule has 6 heteroatoms. The molecule has 1 saturated heterocycles. The van der Waals surface area contributed by atoms with Crippen molar-refractivity contribution in [3.63, 3.8) is 0 Å². The second-order valence-corrected chi connectivity index (χ2v) is 7.77. The Morgan fingerprint density at radius 3 is 3.09 bits per heavy atom. The molecule has 0 unspecified atom stereocenters. The molecule has 2 aromatic rings. The number of anilines is 1. The highest BCUT2D eigenvalue weighted by Crippen LogP contribution is 2.22. The average Bonchev–Trinajstić information content (AvgIpc) is 2.94. The van der Waals surface area contributed by atoms with Crippen molar-refractivity contribution in [1.29, 1.82) is 0 Å². The van der Waals surface area contributed by atoms with Crippen LogP contribution in [0, 0.1) is 5.92 Å². The Balaban J connectivity index is 1.61. The molecule has 2 heterocycles. The topological polar surface area (TPSA) is 45.2 Å². The zero-order chi connectivity index (χ0) is 16.2. The first-order valence-corrected chi connectivity index (χ1v) is 9.51. The third-order valence-corrected chi connectivity index (χ3v) is 5.52. The van der Waals surface area contributed by atoms with Crippen molar-refractivity contribution in [2.75, 3.05) is 18.4 Å². The van der Waals surface area contributed by atoms with Crippen molar-refractivity contribution in [2.45, 2.75) is 26.3 Å². The van der Waals surface area contributed by atoms with Gasteiger partial charge in [0.15, 0.2) is 5.13 Å². The number of hydrogen-bond acceptors (Lipinski definition) is 4. The van der Waals surface area contributed by atoms with Crippen LogP contribution >= 0.6 is 27.3 Å². The molecule has 1 atom stereocenters. The molecule has 122 valence electrons. The van der Waals surface area contributed by atoms with Crippen LogP contribution in [0.25, 0.3) is 0 Å². The quantitative estimate of drug-likeness (QED) is 0.837. The van der Waals surface area contributed by atoms with Crippen molar-refractivity contribution in [3.05, 3.63) is 45.4 Å². The van der Waals surface area contributed by atoms with Gasteiger partial charge in [-0.15, -0.1) is 11.3 Å². The van der Waals surface area contributed by atoms with E-state index in [2.05, 4.69) is 38.1 Å². The molecule has 4 nitrogen and oxygen atoms in total. The lowest BCUT2D eigenvalue weighted by atomic mass is 10.0. The summed E-state index contributed by atoms with van der Waals surface area (Å²) in [6.07, 6.45) is 2.58. The molecule has 23 heavy (non-hydrogen) atoms. The number of thiazole rings is 1. The van der Waals surface area contributed by atoms with E-state index >= 15 is 0 Å². The highest BCUT2D eigenvalue weighted by Gasteiger charge is 2.18. The maximum atomic E-state index is 12.3. The zero-order valence-corrected chi connectivity index (χ0v) is 15.5. The van der Waals surface area contributed by atoms with Crippen LogP contribution in [-0.2, 0) is 6.54 Å². The van der Waals surface area contributed by atoms with E-state index in [9.17, 15) is 4.79 Å². The number of amides is 1. The summed E-state index contributed by atoms with van der Waals surface area (Å²) in [5.74, 6) is 0.627. The number of carbonyl (C=O) groups excluding carboxylic acids is 1. The summed E-state index contributed by atoms with van der Waals surface area (Å²) in [6.45, 7) is 5.44. The monoisotopic (exact) mass is 393 g/mol. The summed E-state index contributed by atoms with van der Waals surface area (Å²) >= 11 is 4.89. The van der Waals surface area contributed by atoms with Crippen LogP contribution in [0.1, 0.15) is 35.8 Å². The highest BCUT2D eigenvalue weighted by atomic mass is 79.9. The first-order chi connectivity index (χ1) is 11.1. The molecular weight excluding hydrogens is 374 g/mol. The maximum Gasteiger partial charge on any atom is 0.258 e. The second kappa shape index (κ2) is 7.55. The third kappa shape index (κ3) is 4.40. The van der Waals surface area contributed by atoms with Gasteiger partial charge in [0.05, 0.1) is 11.3 Å². The largest absolute Gasteiger partial charge is 0.298 e. The lowest BCUT2D eigenvalue weighted by Crippen LogP contribution is -2.33. The highest BCUT2D eigenvalue weighted by molar-refractivity contribution is 9.10. The molecule has 1 N–H and O–H groups in total. The molecule has 1 aromatic heterocycles. The van der Waals surface area contributed by atoms with Crippen LogP contribution in [0.3, 0.4) is 0 Å². The van der Waals surface area contributed by atoms with Gasteiger partial charge in [-0.25, -0.2) is 4.98 Å². The van der Waals surface area contributed by atoms with Crippen LogP contribution in [0.2, 0.25) is 0 Å². The first-order valence-electron chi connectivity index (χ1n) is 7.84. The van der Waals surface area contributed by atoms with Gasteiger partial charge in [0, 0.05) is 22.9 Å². The Hall–Kier alpha value is -1.24. The van der Waals surface area contributed by atoms with E-state index in [0.29, 0.717) is 10.7 Å². The zero-order valence-electron chi connectivity index (χ0n) is 13.1. The molecule has 1 aliphatic rings. The number of nitrogens with zero attached hydrogens (tertiary/aromatic N) is 2. The molecule has 0 saturated carbocycles. The molecule has 3 rings (SSSR count). The molecular formula is C17H20BrN3OS. The number of piperidine rings is 1. The lowest BCUT2D eigenvalue weighted by Gasteiger charge is -2.30. The molecule has 1 aliphatic heterocycles. The standard InChI is InChI=1S/C17H20BrN3OS/c1-12-5-4-8-21(9-12)10-13-11-23-17(19-13)20-16(22)14-6-2-3-7-15(14)18/h2-3,6-7,11-12H,4-5,8-10H2,1H3,(H,19,20,22)/t12-/m0/s1. The van der Waals surface area contributed by atoms with Crippen molar-refractivity contribution in [1.82, 2.24) is 9.88 Å². The van der Waals surface area contributed by atoms with E-state index in [1.54, 1.807) is 6.07 Å². The Morgan fingerprint density at radius 1 is 1.48 bits per heavy atom. The Labute approximate surface area is 149 Å². The van der Waals surface area contributed by atoms with Crippen LogP contribution < -0.4 is 5.32 Å². The molecule has 1 amide bonds. The van der Waals surface area contributed by atoms with E-state index < -0.39 is 0 Å². The van der Waals surface area contributed by atoms with Crippen molar-refractivity contribution in [2.24, 2.45) is 5.92 Å². The van der Waals surface area contributed by atoms with E-state index in [1.807, 2.05) is 23.6 Å². The Bertz CT molecular complexity index is 688. The van der Waals surface area contributed by atoms with Crippen LogP contribution in [0.4, 0.5) is 5.13 Å². The number of rotatable bonds is 4. The van der Waals surface area contributed by atoms with Gasteiger partial charge < -0.3 is 0 Å². The van der Waals surface area contributed by atoms with Gasteiger partial charge in [0.1, 0.15) is 0 Å². The number of hydrogen-bond donors (Lipinski definition) is 1. The Morgan fingerprint density at radius 2 is 2.30 bits per heavy atom. The number of aromatic nitrogens is 1. The Kier molecular flexibility index (Phi) is 5.46. The van der Waals surface area contributed by atoms with Crippen molar-refractivity contribution in [3.8, 4) is 0 Å². The van der Waals surface area contributed by atoms with Gasteiger partial charge in [-0.3, -0.25) is 15.0 Å². The van der Waals surface area contributed by atoms with Gasteiger partial charge in [-0.2, -0.15) is 0 Å². The maximum absolute atomic E-state index is 12.3. The number of halogens is 1. The minimum Gasteiger partial charge on any atom is -0.298 e. The van der Waals surface area contributed by atoms with Gasteiger partial charge in [0.2, 0.25) is 0 Å². The fourth-order valence-corrected chi connectivity index (χ4v) is 4.07. The average molecular weight is 394 g/mol. The van der Waals surface area contributed by atoms with E-state index in [1.165, 1.54) is 24.2 Å². The number of benzene rings is 1. The van der Waals surface area contributed by atoms with Crippen LogP contribution in [0.5, 0.6) is 0 Å². The smallest absolute Gasteiger partial charge is 0.258 e.